The molecule has 1 rings (SSSR count). The van der Waals surface area contributed by atoms with Crippen LogP contribution in [0.4, 0.5) is 0 Å². The van der Waals surface area contributed by atoms with Crippen LogP contribution in [-0.2, 0) is 10.5 Å². The molecule has 17 heavy (non-hydrogen) atoms. The van der Waals surface area contributed by atoms with E-state index in [0.29, 0.717) is 12.3 Å². The molecule has 0 aliphatic carbocycles. The van der Waals surface area contributed by atoms with Gasteiger partial charge in [0.15, 0.2) is 0 Å². The summed E-state index contributed by atoms with van der Waals surface area (Å²) >= 11 is 1.81. The van der Waals surface area contributed by atoms with E-state index < -0.39 is 0 Å². The van der Waals surface area contributed by atoms with E-state index in [9.17, 15) is 4.79 Å². The van der Waals surface area contributed by atoms with Crippen molar-refractivity contribution in [1.82, 2.24) is 5.32 Å². The van der Waals surface area contributed by atoms with Crippen molar-refractivity contribution < 1.29 is 4.79 Å². The topological polar surface area (TPSA) is 29.1 Å². The summed E-state index contributed by atoms with van der Waals surface area (Å²) in [5, 5.41) is 2.93. The molecule has 1 aromatic carbocycles. The van der Waals surface area contributed by atoms with Crippen LogP contribution in [0.15, 0.2) is 30.3 Å². The molecule has 3 heteroatoms. The van der Waals surface area contributed by atoms with Gasteiger partial charge in [0.1, 0.15) is 0 Å². The van der Waals surface area contributed by atoms with Gasteiger partial charge >= 0.3 is 0 Å². The van der Waals surface area contributed by atoms with Crippen LogP contribution in [0.2, 0.25) is 0 Å². The lowest BCUT2D eigenvalue weighted by Crippen LogP contribution is -2.27. The lowest BCUT2D eigenvalue weighted by atomic mass is 10.2. The molecule has 0 aromatic heterocycles. The summed E-state index contributed by atoms with van der Waals surface area (Å²) in [6.45, 7) is 4.98. The van der Waals surface area contributed by atoms with Gasteiger partial charge < -0.3 is 5.32 Å². The first-order valence-electron chi connectivity index (χ1n) is 6.07. The molecule has 0 aliphatic heterocycles. The Kier molecular flexibility index (Phi) is 6.78. The Morgan fingerprint density at radius 1 is 1.29 bits per heavy atom. The highest BCUT2D eigenvalue weighted by atomic mass is 32.2. The molecular formula is C14H21NOS. The van der Waals surface area contributed by atoms with Crippen LogP contribution in [0.5, 0.6) is 0 Å². The molecule has 2 nitrogen and oxygen atoms in total. The number of hydrogen-bond donors (Lipinski definition) is 1. The molecule has 94 valence electrons. The van der Waals surface area contributed by atoms with Crippen LogP contribution in [0.3, 0.4) is 0 Å². The summed E-state index contributed by atoms with van der Waals surface area (Å²) in [4.78, 5) is 11.4. The maximum atomic E-state index is 11.4. The van der Waals surface area contributed by atoms with Crippen molar-refractivity contribution in [1.29, 1.82) is 0 Å². The van der Waals surface area contributed by atoms with Gasteiger partial charge in [-0.15, -0.1) is 0 Å². The standard InChI is InChI=1S/C14H21NOS/c1-12(2)10-15-14(16)8-9-17-11-13-6-4-3-5-7-13/h3-7,12H,8-11H2,1-2H3,(H,15,16). The van der Waals surface area contributed by atoms with Gasteiger partial charge in [-0.3, -0.25) is 4.79 Å². The van der Waals surface area contributed by atoms with Crippen molar-refractivity contribution in [3.05, 3.63) is 35.9 Å². The summed E-state index contributed by atoms with van der Waals surface area (Å²) in [7, 11) is 0. The van der Waals surface area contributed by atoms with E-state index in [1.165, 1.54) is 5.56 Å². The number of hydrogen-bond acceptors (Lipinski definition) is 2. The number of carbonyl (C=O) groups is 1. The fourth-order valence-electron chi connectivity index (χ4n) is 1.34. The Bertz CT molecular complexity index is 324. The van der Waals surface area contributed by atoms with Gasteiger partial charge in [-0.25, -0.2) is 0 Å². The monoisotopic (exact) mass is 251 g/mol. The molecule has 0 aliphatic rings. The van der Waals surface area contributed by atoms with Gasteiger partial charge in [0.05, 0.1) is 0 Å². The van der Waals surface area contributed by atoms with Gasteiger partial charge in [0.2, 0.25) is 5.91 Å². The highest BCUT2D eigenvalue weighted by Crippen LogP contribution is 2.12. The van der Waals surface area contributed by atoms with E-state index in [1.807, 2.05) is 30.0 Å². The molecule has 0 heterocycles. The third-order valence-corrected chi connectivity index (χ3v) is 3.32. The molecular weight excluding hydrogens is 230 g/mol. The Hall–Kier alpha value is -0.960. The zero-order valence-corrected chi connectivity index (χ0v) is 11.4. The normalized spacial score (nSPS) is 10.5. The predicted octanol–water partition coefficient (Wildman–Crippen LogP) is 3.08. The highest BCUT2D eigenvalue weighted by molar-refractivity contribution is 7.98. The van der Waals surface area contributed by atoms with E-state index in [4.69, 9.17) is 0 Å². The molecule has 0 saturated carbocycles. The van der Waals surface area contributed by atoms with E-state index >= 15 is 0 Å². The summed E-state index contributed by atoms with van der Waals surface area (Å²) in [6, 6.07) is 10.3. The maximum Gasteiger partial charge on any atom is 0.220 e. The van der Waals surface area contributed by atoms with E-state index in [0.717, 1.165) is 18.1 Å². The number of carbonyl (C=O) groups excluding carboxylic acids is 1. The molecule has 0 fully saturated rings. The summed E-state index contributed by atoms with van der Waals surface area (Å²) < 4.78 is 0. The summed E-state index contributed by atoms with van der Waals surface area (Å²) in [5.74, 6) is 2.56. The fraction of sp³-hybridized carbons (Fsp3) is 0.500. The van der Waals surface area contributed by atoms with E-state index in [2.05, 4.69) is 31.3 Å². The lowest BCUT2D eigenvalue weighted by molar-refractivity contribution is -0.120. The van der Waals surface area contributed by atoms with Crippen molar-refractivity contribution in [3.8, 4) is 0 Å². The second-order valence-electron chi connectivity index (χ2n) is 4.49. The van der Waals surface area contributed by atoms with Gasteiger partial charge in [-0.05, 0) is 11.5 Å². The Morgan fingerprint density at radius 3 is 2.65 bits per heavy atom. The Labute approximate surface area is 108 Å². The molecule has 1 aromatic rings. The Morgan fingerprint density at radius 2 is 2.00 bits per heavy atom. The van der Waals surface area contributed by atoms with Crippen molar-refractivity contribution in [2.45, 2.75) is 26.0 Å². The molecule has 1 N–H and O–H groups in total. The first-order valence-corrected chi connectivity index (χ1v) is 7.22. The zero-order chi connectivity index (χ0) is 12.5. The highest BCUT2D eigenvalue weighted by Gasteiger charge is 2.02. The third-order valence-electron chi connectivity index (χ3n) is 2.29. The molecule has 0 unspecified atom stereocenters. The first-order chi connectivity index (χ1) is 8.18. The van der Waals surface area contributed by atoms with Crippen LogP contribution in [0, 0.1) is 5.92 Å². The average Bonchev–Trinajstić information content (AvgIpc) is 2.33. The van der Waals surface area contributed by atoms with Crippen LogP contribution in [0.25, 0.3) is 0 Å². The fourth-order valence-corrected chi connectivity index (χ4v) is 2.24. The smallest absolute Gasteiger partial charge is 0.220 e. The lowest BCUT2D eigenvalue weighted by Gasteiger charge is -2.07. The number of nitrogens with one attached hydrogen (secondary N) is 1. The van der Waals surface area contributed by atoms with Gasteiger partial charge in [0.25, 0.3) is 0 Å². The van der Waals surface area contributed by atoms with Gasteiger partial charge in [0, 0.05) is 24.5 Å². The summed E-state index contributed by atoms with van der Waals surface area (Å²) in [5.41, 5.74) is 1.32. The Balaban J connectivity index is 2.06. The number of benzene rings is 1. The maximum absolute atomic E-state index is 11.4. The zero-order valence-electron chi connectivity index (χ0n) is 10.6. The number of thioether (sulfide) groups is 1. The minimum absolute atomic E-state index is 0.166. The number of rotatable bonds is 7. The SMILES string of the molecule is CC(C)CNC(=O)CCSCc1ccccc1. The molecule has 0 radical (unpaired) electrons. The van der Waals surface area contributed by atoms with Gasteiger partial charge in [-0.1, -0.05) is 44.2 Å². The third kappa shape index (κ3) is 7.05. The van der Waals surface area contributed by atoms with Crippen molar-refractivity contribution >= 4 is 17.7 Å². The largest absolute Gasteiger partial charge is 0.356 e. The van der Waals surface area contributed by atoms with Gasteiger partial charge in [-0.2, -0.15) is 11.8 Å². The van der Waals surface area contributed by atoms with Crippen molar-refractivity contribution in [2.75, 3.05) is 12.3 Å². The predicted molar refractivity (Wildman–Crippen MR) is 75.1 cm³/mol. The van der Waals surface area contributed by atoms with Crippen molar-refractivity contribution in [3.63, 3.8) is 0 Å². The molecule has 0 saturated heterocycles. The minimum Gasteiger partial charge on any atom is -0.356 e. The van der Waals surface area contributed by atoms with Crippen LogP contribution >= 0.6 is 11.8 Å². The van der Waals surface area contributed by atoms with Crippen LogP contribution in [0.1, 0.15) is 25.8 Å². The quantitative estimate of drug-likeness (QED) is 0.755. The number of amides is 1. The first kappa shape index (κ1) is 14.1. The molecule has 1 amide bonds. The van der Waals surface area contributed by atoms with E-state index in [-0.39, 0.29) is 5.91 Å². The molecule has 0 spiro atoms. The van der Waals surface area contributed by atoms with Crippen LogP contribution < -0.4 is 5.32 Å². The summed E-state index contributed by atoms with van der Waals surface area (Å²) in [6.07, 6.45) is 0.615. The second-order valence-corrected chi connectivity index (χ2v) is 5.59. The molecule has 0 atom stereocenters. The van der Waals surface area contributed by atoms with E-state index in [1.54, 1.807) is 0 Å². The van der Waals surface area contributed by atoms with Crippen molar-refractivity contribution in [2.24, 2.45) is 5.92 Å². The second kappa shape index (κ2) is 8.18. The molecule has 0 bridgehead atoms. The average molecular weight is 251 g/mol. The van der Waals surface area contributed by atoms with Crippen LogP contribution in [-0.4, -0.2) is 18.2 Å². The minimum atomic E-state index is 0.166.